The number of hydrogen-bond acceptors (Lipinski definition) is 3. The summed E-state index contributed by atoms with van der Waals surface area (Å²) in [6, 6.07) is 2.32. The van der Waals surface area contributed by atoms with Gasteiger partial charge >= 0.3 is 0 Å². The molecule has 0 aromatic heterocycles. The largest absolute Gasteiger partial charge is 0.396 e. The summed E-state index contributed by atoms with van der Waals surface area (Å²) in [4.78, 5) is 2.29. The molecular formula is C10H18N2O. The molecule has 3 heteroatoms. The molecule has 2 atom stereocenters. The molecule has 1 aliphatic heterocycles. The van der Waals surface area contributed by atoms with Gasteiger partial charge in [-0.05, 0) is 25.3 Å². The Hall–Kier alpha value is -0.590. The van der Waals surface area contributed by atoms with E-state index in [0.29, 0.717) is 5.92 Å². The first-order valence-electron chi connectivity index (χ1n) is 4.99. The van der Waals surface area contributed by atoms with Gasteiger partial charge in [0.25, 0.3) is 0 Å². The molecule has 13 heavy (non-hydrogen) atoms. The second kappa shape index (κ2) is 5.21. The summed E-state index contributed by atoms with van der Waals surface area (Å²) >= 11 is 0. The molecule has 1 fully saturated rings. The molecule has 0 aliphatic carbocycles. The molecule has 74 valence electrons. The standard InChI is InChI=1S/C10H18N2O/c1-9(8-13)6-12-4-2-3-10(5-11)7-12/h9-10,13H,2-4,6-8H2,1H3. The molecule has 0 bridgehead atoms. The van der Waals surface area contributed by atoms with Gasteiger partial charge in [-0.2, -0.15) is 5.26 Å². The van der Waals surface area contributed by atoms with Crippen molar-refractivity contribution in [3.8, 4) is 6.07 Å². The summed E-state index contributed by atoms with van der Waals surface area (Å²) in [5.41, 5.74) is 0. The van der Waals surface area contributed by atoms with Crippen LogP contribution in [-0.2, 0) is 0 Å². The number of hydrogen-bond donors (Lipinski definition) is 1. The molecule has 1 N–H and O–H groups in total. The van der Waals surface area contributed by atoms with Crippen molar-refractivity contribution in [1.29, 1.82) is 5.26 Å². The van der Waals surface area contributed by atoms with Crippen LogP contribution in [0, 0.1) is 23.2 Å². The van der Waals surface area contributed by atoms with Gasteiger partial charge in [-0.1, -0.05) is 6.92 Å². The molecule has 0 radical (unpaired) electrons. The van der Waals surface area contributed by atoms with Crippen molar-refractivity contribution in [2.24, 2.45) is 11.8 Å². The van der Waals surface area contributed by atoms with Gasteiger partial charge in [0.2, 0.25) is 0 Å². The van der Waals surface area contributed by atoms with E-state index in [4.69, 9.17) is 10.4 Å². The van der Waals surface area contributed by atoms with Crippen molar-refractivity contribution in [2.45, 2.75) is 19.8 Å². The third-order valence-corrected chi connectivity index (χ3v) is 2.57. The fourth-order valence-corrected chi connectivity index (χ4v) is 1.83. The van der Waals surface area contributed by atoms with Crippen LogP contribution in [0.25, 0.3) is 0 Å². The highest BCUT2D eigenvalue weighted by Gasteiger charge is 2.20. The highest BCUT2D eigenvalue weighted by Crippen LogP contribution is 2.16. The quantitative estimate of drug-likeness (QED) is 0.704. The molecule has 2 unspecified atom stereocenters. The van der Waals surface area contributed by atoms with Crippen molar-refractivity contribution in [3.63, 3.8) is 0 Å². The maximum Gasteiger partial charge on any atom is 0.0669 e. The van der Waals surface area contributed by atoms with Crippen LogP contribution < -0.4 is 0 Å². The fraction of sp³-hybridized carbons (Fsp3) is 0.900. The Morgan fingerprint density at radius 3 is 3.08 bits per heavy atom. The molecule has 0 aromatic rings. The lowest BCUT2D eigenvalue weighted by molar-refractivity contribution is 0.142. The van der Waals surface area contributed by atoms with E-state index in [-0.39, 0.29) is 12.5 Å². The van der Waals surface area contributed by atoms with Crippen LogP contribution >= 0.6 is 0 Å². The lowest BCUT2D eigenvalue weighted by Crippen LogP contribution is -2.38. The average Bonchev–Trinajstić information content (AvgIpc) is 2.18. The van der Waals surface area contributed by atoms with Crippen molar-refractivity contribution < 1.29 is 5.11 Å². The van der Waals surface area contributed by atoms with Crippen molar-refractivity contribution in [3.05, 3.63) is 0 Å². The molecular weight excluding hydrogens is 164 g/mol. The summed E-state index contributed by atoms with van der Waals surface area (Å²) in [6.07, 6.45) is 2.16. The van der Waals surface area contributed by atoms with Crippen molar-refractivity contribution in [2.75, 3.05) is 26.2 Å². The molecule has 0 spiro atoms. The van der Waals surface area contributed by atoms with E-state index in [9.17, 15) is 0 Å². The van der Waals surface area contributed by atoms with Crippen molar-refractivity contribution >= 4 is 0 Å². The zero-order valence-corrected chi connectivity index (χ0v) is 8.24. The second-order valence-electron chi connectivity index (χ2n) is 4.02. The molecule has 1 heterocycles. The van der Waals surface area contributed by atoms with Crippen LogP contribution in [0.2, 0.25) is 0 Å². The zero-order chi connectivity index (χ0) is 9.68. The smallest absolute Gasteiger partial charge is 0.0669 e. The molecule has 1 rings (SSSR count). The predicted octanol–water partition coefficient (Wildman–Crippen LogP) is 0.850. The van der Waals surface area contributed by atoms with Gasteiger partial charge in [-0.3, -0.25) is 0 Å². The Morgan fingerprint density at radius 1 is 1.69 bits per heavy atom. The highest BCUT2D eigenvalue weighted by molar-refractivity contribution is 4.88. The lowest BCUT2D eigenvalue weighted by atomic mass is 9.99. The number of aliphatic hydroxyl groups is 1. The van der Waals surface area contributed by atoms with E-state index >= 15 is 0 Å². The number of likely N-dealkylation sites (tertiary alicyclic amines) is 1. The SMILES string of the molecule is CC(CO)CN1CCCC(C#N)C1. The number of piperidine rings is 1. The maximum absolute atomic E-state index is 8.90. The van der Waals surface area contributed by atoms with E-state index in [2.05, 4.69) is 11.0 Å². The van der Waals surface area contributed by atoms with Crippen LogP contribution in [0.15, 0.2) is 0 Å². The number of nitriles is 1. The van der Waals surface area contributed by atoms with Gasteiger partial charge in [-0.15, -0.1) is 0 Å². The Balaban J connectivity index is 2.30. The molecule has 0 saturated carbocycles. The highest BCUT2D eigenvalue weighted by atomic mass is 16.3. The summed E-state index contributed by atoms with van der Waals surface area (Å²) in [7, 11) is 0. The summed E-state index contributed by atoms with van der Waals surface area (Å²) in [6.45, 7) is 5.18. The predicted molar refractivity (Wildman–Crippen MR) is 51.0 cm³/mol. The van der Waals surface area contributed by atoms with E-state index in [1.54, 1.807) is 0 Å². The van der Waals surface area contributed by atoms with E-state index in [1.165, 1.54) is 0 Å². The monoisotopic (exact) mass is 182 g/mol. The van der Waals surface area contributed by atoms with Crippen LogP contribution in [0.4, 0.5) is 0 Å². The second-order valence-corrected chi connectivity index (χ2v) is 4.02. The summed E-state index contributed by atoms with van der Waals surface area (Å²) in [5.74, 6) is 0.539. The number of rotatable bonds is 3. The van der Waals surface area contributed by atoms with Crippen molar-refractivity contribution in [1.82, 2.24) is 4.90 Å². The average molecular weight is 182 g/mol. The normalized spacial score (nSPS) is 26.7. The molecule has 0 amide bonds. The Bertz CT molecular complexity index is 188. The third-order valence-electron chi connectivity index (χ3n) is 2.57. The topological polar surface area (TPSA) is 47.3 Å². The zero-order valence-electron chi connectivity index (χ0n) is 8.24. The number of nitrogens with zero attached hydrogens (tertiary/aromatic N) is 2. The van der Waals surface area contributed by atoms with Gasteiger partial charge < -0.3 is 10.0 Å². The Labute approximate surface area is 80.0 Å². The Morgan fingerprint density at radius 2 is 2.46 bits per heavy atom. The molecule has 3 nitrogen and oxygen atoms in total. The van der Waals surface area contributed by atoms with E-state index in [0.717, 1.165) is 32.5 Å². The summed E-state index contributed by atoms with van der Waals surface area (Å²) in [5, 5.41) is 17.7. The van der Waals surface area contributed by atoms with E-state index < -0.39 is 0 Å². The van der Waals surface area contributed by atoms with Gasteiger partial charge in [0, 0.05) is 19.7 Å². The number of aliphatic hydroxyl groups excluding tert-OH is 1. The summed E-state index contributed by atoms with van der Waals surface area (Å²) < 4.78 is 0. The van der Waals surface area contributed by atoms with E-state index in [1.807, 2.05) is 6.92 Å². The first-order valence-corrected chi connectivity index (χ1v) is 4.99. The first kappa shape index (κ1) is 10.5. The van der Waals surface area contributed by atoms with Gasteiger partial charge in [-0.25, -0.2) is 0 Å². The van der Waals surface area contributed by atoms with Crippen LogP contribution in [-0.4, -0.2) is 36.2 Å². The molecule has 0 aromatic carbocycles. The first-order chi connectivity index (χ1) is 6.26. The minimum atomic E-state index is 0.208. The lowest BCUT2D eigenvalue weighted by Gasteiger charge is -2.31. The Kier molecular flexibility index (Phi) is 4.20. The van der Waals surface area contributed by atoms with Crippen LogP contribution in [0.5, 0.6) is 0 Å². The minimum absolute atomic E-state index is 0.208. The van der Waals surface area contributed by atoms with Crippen LogP contribution in [0.3, 0.4) is 0 Å². The fourth-order valence-electron chi connectivity index (χ4n) is 1.83. The molecule has 1 saturated heterocycles. The van der Waals surface area contributed by atoms with Gasteiger partial charge in [0.15, 0.2) is 0 Å². The maximum atomic E-state index is 8.90. The van der Waals surface area contributed by atoms with Gasteiger partial charge in [0.1, 0.15) is 0 Å². The molecule has 1 aliphatic rings. The third kappa shape index (κ3) is 3.33. The van der Waals surface area contributed by atoms with Gasteiger partial charge in [0.05, 0.1) is 12.0 Å². The van der Waals surface area contributed by atoms with Crippen LogP contribution in [0.1, 0.15) is 19.8 Å². The minimum Gasteiger partial charge on any atom is -0.396 e.